The lowest BCUT2D eigenvalue weighted by molar-refractivity contribution is 0.288. The first kappa shape index (κ1) is 14.9. The van der Waals surface area contributed by atoms with E-state index in [-0.39, 0.29) is 6.61 Å². The van der Waals surface area contributed by atoms with Gasteiger partial charge in [0.2, 0.25) is 0 Å². The van der Waals surface area contributed by atoms with Gasteiger partial charge in [-0.1, -0.05) is 0 Å². The van der Waals surface area contributed by atoms with E-state index < -0.39 is 0 Å². The maximum Gasteiger partial charge on any atom is 0.133 e. The molecule has 0 spiro atoms. The zero-order valence-electron chi connectivity index (χ0n) is 11.9. The number of hydrogen-bond donors (Lipinski definition) is 2. The Kier molecular flexibility index (Phi) is 5.56. The second kappa shape index (κ2) is 6.71. The zero-order valence-corrected chi connectivity index (χ0v) is 11.9. The van der Waals surface area contributed by atoms with Crippen molar-refractivity contribution >= 4 is 5.82 Å². The number of rotatable bonds is 6. The van der Waals surface area contributed by atoms with E-state index in [1.165, 1.54) is 5.56 Å². The number of aliphatic hydroxyl groups excluding tert-OH is 1. The number of pyridine rings is 1. The number of aliphatic hydroxyl groups is 1. The maximum absolute atomic E-state index is 9.01. The van der Waals surface area contributed by atoms with Crippen LogP contribution in [0.1, 0.15) is 37.1 Å². The molecule has 1 aromatic rings. The van der Waals surface area contributed by atoms with Crippen molar-refractivity contribution in [2.75, 3.05) is 18.1 Å². The summed E-state index contributed by atoms with van der Waals surface area (Å²) in [7, 11) is 0. The van der Waals surface area contributed by atoms with E-state index in [2.05, 4.69) is 36.7 Å². The summed E-state index contributed by atoms with van der Waals surface area (Å²) in [6.07, 6.45) is 0.747. The van der Waals surface area contributed by atoms with Crippen LogP contribution in [-0.2, 0) is 6.54 Å². The lowest BCUT2D eigenvalue weighted by Gasteiger charge is -2.30. The third-order valence-electron chi connectivity index (χ3n) is 3.11. The second-order valence-electron chi connectivity index (χ2n) is 4.95. The number of anilines is 1. The Morgan fingerprint density at radius 1 is 1.39 bits per heavy atom. The predicted octanol–water partition coefficient (Wildman–Crippen LogP) is 1.75. The van der Waals surface area contributed by atoms with Crippen LogP contribution in [0.5, 0.6) is 0 Å². The normalized spacial score (nSPS) is 11.1. The van der Waals surface area contributed by atoms with E-state index in [4.69, 9.17) is 10.8 Å². The van der Waals surface area contributed by atoms with Crippen LogP contribution < -0.4 is 10.6 Å². The van der Waals surface area contributed by atoms with Crippen molar-refractivity contribution in [3.8, 4) is 0 Å². The van der Waals surface area contributed by atoms with Gasteiger partial charge in [-0.25, -0.2) is 4.98 Å². The Morgan fingerprint density at radius 2 is 2.06 bits per heavy atom. The molecule has 0 atom stereocenters. The van der Waals surface area contributed by atoms with Gasteiger partial charge in [0.05, 0.1) is 0 Å². The minimum absolute atomic E-state index is 0.200. The first-order chi connectivity index (χ1) is 8.51. The van der Waals surface area contributed by atoms with Gasteiger partial charge in [0, 0.05) is 37.0 Å². The van der Waals surface area contributed by atoms with Crippen LogP contribution in [0.4, 0.5) is 5.82 Å². The molecule has 1 aromatic heterocycles. The molecule has 0 saturated carbocycles. The molecule has 102 valence electrons. The Morgan fingerprint density at radius 3 is 2.56 bits per heavy atom. The van der Waals surface area contributed by atoms with Gasteiger partial charge in [-0.2, -0.15) is 0 Å². The number of aryl methyl sites for hydroxylation is 2. The van der Waals surface area contributed by atoms with Gasteiger partial charge in [0.15, 0.2) is 0 Å². The van der Waals surface area contributed by atoms with Crippen molar-refractivity contribution in [1.29, 1.82) is 0 Å². The fourth-order valence-electron chi connectivity index (χ4n) is 2.18. The number of hydrogen-bond acceptors (Lipinski definition) is 4. The molecule has 4 heteroatoms. The summed E-state index contributed by atoms with van der Waals surface area (Å²) >= 11 is 0. The van der Waals surface area contributed by atoms with Crippen molar-refractivity contribution < 1.29 is 5.11 Å². The fraction of sp³-hybridized carbons (Fsp3) is 0.643. The van der Waals surface area contributed by atoms with Gasteiger partial charge >= 0.3 is 0 Å². The van der Waals surface area contributed by atoms with Crippen LogP contribution in [0.3, 0.4) is 0 Å². The van der Waals surface area contributed by atoms with Gasteiger partial charge in [-0.05, 0) is 45.7 Å². The smallest absolute Gasteiger partial charge is 0.133 e. The molecule has 3 N–H and O–H groups in total. The molecule has 0 aliphatic heterocycles. The fourth-order valence-corrected chi connectivity index (χ4v) is 2.18. The molecular formula is C14H25N3O. The summed E-state index contributed by atoms with van der Waals surface area (Å²) in [4.78, 5) is 6.86. The van der Waals surface area contributed by atoms with E-state index >= 15 is 0 Å². The molecule has 0 unspecified atom stereocenters. The lowest BCUT2D eigenvalue weighted by atomic mass is 10.1. The van der Waals surface area contributed by atoms with E-state index in [1.807, 2.05) is 6.92 Å². The molecule has 0 aromatic carbocycles. The monoisotopic (exact) mass is 251 g/mol. The van der Waals surface area contributed by atoms with Gasteiger partial charge in [-0.3, -0.25) is 0 Å². The maximum atomic E-state index is 9.01. The van der Waals surface area contributed by atoms with Crippen molar-refractivity contribution in [2.24, 2.45) is 5.73 Å². The number of nitrogens with zero attached hydrogens (tertiary/aromatic N) is 2. The van der Waals surface area contributed by atoms with Crippen LogP contribution >= 0.6 is 0 Å². The highest BCUT2D eigenvalue weighted by atomic mass is 16.3. The van der Waals surface area contributed by atoms with E-state index in [9.17, 15) is 0 Å². The molecule has 0 bridgehead atoms. The topological polar surface area (TPSA) is 62.4 Å². The van der Waals surface area contributed by atoms with E-state index in [1.54, 1.807) is 0 Å². The molecule has 18 heavy (non-hydrogen) atoms. The highest BCUT2D eigenvalue weighted by Crippen LogP contribution is 2.24. The lowest BCUT2D eigenvalue weighted by Crippen LogP contribution is -2.34. The average Bonchev–Trinajstić information content (AvgIpc) is 2.28. The van der Waals surface area contributed by atoms with Crippen molar-refractivity contribution in [2.45, 2.75) is 46.7 Å². The summed E-state index contributed by atoms with van der Waals surface area (Å²) in [6.45, 7) is 9.85. The van der Waals surface area contributed by atoms with Crippen LogP contribution in [-0.4, -0.2) is 29.3 Å². The summed E-state index contributed by atoms with van der Waals surface area (Å²) in [5.74, 6) is 0.971. The molecule has 0 aliphatic carbocycles. The first-order valence-electron chi connectivity index (χ1n) is 6.56. The molecule has 4 nitrogen and oxygen atoms in total. The summed E-state index contributed by atoms with van der Waals surface area (Å²) in [5.41, 5.74) is 9.15. The van der Waals surface area contributed by atoms with Gasteiger partial charge in [-0.15, -0.1) is 0 Å². The Bertz CT molecular complexity index is 391. The Hall–Kier alpha value is -1.13. The number of nitrogens with two attached hydrogens (primary N) is 1. The average molecular weight is 251 g/mol. The van der Waals surface area contributed by atoms with Gasteiger partial charge in [0.1, 0.15) is 5.82 Å². The highest BCUT2D eigenvalue weighted by Gasteiger charge is 2.17. The molecule has 0 aliphatic rings. The minimum atomic E-state index is 0.200. The van der Waals surface area contributed by atoms with E-state index in [0.717, 1.165) is 30.0 Å². The highest BCUT2D eigenvalue weighted by molar-refractivity contribution is 5.52. The molecule has 1 rings (SSSR count). The Labute approximate surface area is 110 Å². The largest absolute Gasteiger partial charge is 0.396 e. The van der Waals surface area contributed by atoms with Crippen LogP contribution in [0.15, 0.2) is 6.07 Å². The van der Waals surface area contributed by atoms with Gasteiger partial charge in [0.25, 0.3) is 0 Å². The van der Waals surface area contributed by atoms with Crippen molar-refractivity contribution in [3.05, 3.63) is 22.9 Å². The van der Waals surface area contributed by atoms with Crippen molar-refractivity contribution in [3.63, 3.8) is 0 Å². The molecule has 0 radical (unpaired) electrons. The quantitative estimate of drug-likeness (QED) is 0.808. The summed E-state index contributed by atoms with van der Waals surface area (Å²) in [5, 5.41) is 9.01. The van der Waals surface area contributed by atoms with Crippen LogP contribution in [0.2, 0.25) is 0 Å². The molecule has 1 heterocycles. The second-order valence-corrected chi connectivity index (χ2v) is 4.95. The summed E-state index contributed by atoms with van der Waals surface area (Å²) in [6, 6.07) is 2.41. The standard InChI is InChI=1S/C14H25N3O/c1-10(2)17(6-5-7-18)14-13(9-15)11(3)8-12(4)16-14/h8,10,18H,5-7,9,15H2,1-4H3. The number of aromatic nitrogens is 1. The molecule has 0 saturated heterocycles. The Balaban J connectivity index is 3.17. The first-order valence-corrected chi connectivity index (χ1v) is 6.56. The molecule has 0 amide bonds. The zero-order chi connectivity index (χ0) is 13.7. The third kappa shape index (κ3) is 3.43. The van der Waals surface area contributed by atoms with Gasteiger partial charge < -0.3 is 15.7 Å². The SMILES string of the molecule is Cc1cc(C)c(CN)c(N(CCCO)C(C)C)n1. The van der Waals surface area contributed by atoms with E-state index in [0.29, 0.717) is 12.6 Å². The van der Waals surface area contributed by atoms with Crippen LogP contribution in [0.25, 0.3) is 0 Å². The van der Waals surface area contributed by atoms with Crippen molar-refractivity contribution in [1.82, 2.24) is 4.98 Å². The summed E-state index contributed by atoms with van der Waals surface area (Å²) < 4.78 is 0. The third-order valence-corrected chi connectivity index (χ3v) is 3.11. The van der Waals surface area contributed by atoms with Crippen LogP contribution in [0, 0.1) is 13.8 Å². The molecule has 0 fully saturated rings. The molecular weight excluding hydrogens is 226 g/mol. The minimum Gasteiger partial charge on any atom is -0.396 e. The predicted molar refractivity (Wildman–Crippen MR) is 75.8 cm³/mol.